The molecule has 0 spiro atoms. The van der Waals surface area contributed by atoms with Crippen molar-refractivity contribution in [3.8, 4) is 0 Å². The molecule has 54 heavy (non-hydrogen) atoms. The number of allylic oxidation sites excluding steroid dienone is 8. The number of hydrogen-bond donors (Lipinski definition) is 0. The second kappa shape index (κ2) is 16.0. The fourth-order valence-corrected chi connectivity index (χ4v) is 9.31. The van der Waals surface area contributed by atoms with Gasteiger partial charge in [0.2, 0.25) is 0 Å². The molecule has 0 aromatic heterocycles. The van der Waals surface area contributed by atoms with E-state index >= 15 is 0 Å². The Morgan fingerprint density at radius 3 is 1.70 bits per heavy atom. The van der Waals surface area contributed by atoms with Gasteiger partial charge in [-0.15, -0.1) is 33.7 Å². The molecule has 0 heterocycles. The van der Waals surface area contributed by atoms with E-state index in [0.29, 0.717) is 0 Å². The molecule has 260 valence electrons. The minimum absolute atomic E-state index is 0.340. The summed E-state index contributed by atoms with van der Waals surface area (Å²) in [6, 6.07) is 61.5. The van der Waals surface area contributed by atoms with E-state index in [0.717, 1.165) is 19.3 Å². The van der Waals surface area contributed by atoms with Crippen molar-refractivity contribution in [3.05, 3.63) is 249 Å². The number of rotatable bonds is 8. The second-order valence-corrected chi connectivity index (χ2v) is 15.3. The van der Waals surface area contributed by atoms with E-state index in [-0.39, 0.29) is 5.41 Å². The van der Waals surface area contributed by atoms with Gasteiger partial charge in [0.25, 0.3) is 0 Å². The molecule has 6 aromatic rings. The molecular formula is C53H43Zr-. The van der Waals surface area contributed by atoms with Crippen LogP contribution in [-0.2, 0) is 36.1 Å². The van der Waals surface area contributed by atoms with Gasteiger partial charge in [0, 0.05) is 5.41 Å². The van der Waals surface area contributed by atoms with E-state index in [4.69, 9.17) is 0 Å². The fourth-order valence-electron chi connectivity index (χ4n) is 8.49. The van der Waals surface area contributed by atoms with Gasteiger partial charge in [-0.1, -0.05) is 152 Å². The van der Waals surface area contributed by atoms with Gasteiger partial charge in [-0.05, 0) is 47.1 Å². The summed E-state index contributed by atoms with van der Waals surface area (Å²) in [6.07, 6.45) is 13.8. The first kappa shape index (κ1) is 35.8. The second-order valence-electron chi connectivity index (χ2n) is 14.0. The van der Waals surface area contributed by atoms with E-state index in [1.807, 2.05) is 0 Å². The van der Waals surface area contributed by atoms with Gasteiger partial charge in [0.05, 0.1) is 0 Å². The molecule has 3 aliphatic carbocycles. The maximum absolute atomic E-state index is 4.01. The Morgan fingerprint density at radius 1 is 0.611 bits per heavy atom. The van der Waals surface area contributed by atoms with E-state index < -0.39 is 0 Å². The van der Waals surface area contributed by atoms with Crippen molar-refractivity contribution in [2.45, 2.75) is 38.5 Å². The normalized spacial score (nSPS) is 16.9. The van der Waals surface area contributed by atoms with Gasteiger partial charge in [0.1, 0.15) is 0 Å². The molecule has 0 nitrogen and oxygen atoms in total. The number of aryl methyl sites for hydroxylation is 1. The van der Waals surface area contributed by atoms with Crippen LogP contribution in [0.3, 0.4) is 0 Å². The van der Waals surface area contributed by atoms with Crippen LogP contribution < -0.4 is 10.4 Å². The molecule has 0 amide bonds. The average molecular weight is 771 g/mol. The van der Waals surface area contributed by atoms with Crippen molar-refractivity contribution in [2.24, 2.45) is 0 Å². The molecule has 6 aromatic carbocycles. The van der Waals surface area contributed by atoms with Crippen molar-refractivity contribution < 1.29 is 24.2 Å². The standard InChI is InChI=1S/C40H33.C13H10.Zr/c1-3-28-24-25-34-32(26-28)27-35-37(34)36(29-16-8-5-9-17-29)39(31-18-10-6-11-19-31)40(4-2,33-22-12-7-13-23-33)38(35)30-20-14-15-21-30;1-3-7-12(8-4-1)11-13-9-5-2-6-10-13;/h5-20,22-26H,3-4,21H2,1-2H3;1-10H;/q-1;;. The number of fused-ring (bicyclic) bond motifs is 2. The monoisotopic (exact) mass is 769 g/mol. The van der Waals surface area contributed by atoms with Crippen LogP contribution in [0.1, 0.15) is 60.1 Å². The molecule has 1 unspecified atom stereocenters. The van der Waals surface area contributed by atoms with Crippen LogP contribution in [0, 0.1) is 0 Å². The van der Waals surface area contributed by atoms with Crippen molar-refractivity contribution >= 4 is 26.0 Å². The molecular weight excluding hydrogens is 728 g/mol. The molecule has 0 saturated heterocycles. The van der Waals surface area contributed by atoms with E-state index in [2.05, 4.69) is 208 Å². The summed E-state index contributed by atoms with van der Waals surface area (Å²) in [7, 11) is 0. The van der Waals surface area contributed by atoms with Gasteiger partial charge < -0.3 is 0 Å². The predicted molar refractivity (Wildman–Crippen MR) is 225 cm³/mol. The molecule has 3 aliphatic rings. The molecule has 0 bridgehead atoms. The zero-order valence-electron chi connectivity index (χ0n) is 31.0. The third-order valence-corrected chi connectivity index (χ3v) is 12.4. The van der Waals surface area contributed by atoms with Crippen molar-refractivity contribution in [1.82, 2.24) is 0 Å². The summed E-state index contributed by atoms with van der Waals surface area (Å²) in [6.45, 7) is 4.60. The van der Waals surface area contributed by atoms with Gasteiger partial charge in [-0.25, -0.2) is 0 Å². The van der Waals surface area contributed by atoms with Gasteiger partial charge in [0.15, 0.2) is 0 Å². The third-order valence-electron chi connectivity index (χ3n) is 11.0. The van der Waals surface area contributed by atoms with E-state index in [1.54, 1.807) is 0 Å². The topological polar surface area (TPSA) is 0 Å². The van der Waals surface area contributed by atoms with E-state index in [9.17, 15) is 0 Å². The summed E-state index contributed by atoms with van der Waals surface area (Å²) < 4.78 is 1.42. The molecule has 0 N–H and O–H groups in total. The summed E-state index contributed by atoms with van der Waals surface area (Å²) in [5, 5.41) is 2.51. The molecule has 0 radical (unpaired) electrons. The number of hydrogen-bond acceptors (Lipinski definition) is 0. The van der Waals surface area contributed by atoms with Crippen LogP contribution in [0.2, 0.25) is 0 Å². The van der Waals surface area contributed by atoms with Gasteiger partial charge in [-0.2, -0.15) is 0 Å². The van der Waals surface area contributed by atoms with Crippen LogP contribution in [0.15, 0.2) is 205 Å². The Balaban J connectivity index is 0.000000248. The first-order chi connectivity index (χ1) is 26.6. The zero-order chi connectivity index (χ0) is 36.9. The first-order valence-corrected chi connectivity index (χ1v) is 20.4. The SMILES string of the molecule is CCc1ccc2c(c1)=[C-]C1=C(C3=CC=CC3)C(CC)(c3ccccc3)C(c3ccccc3)=C(c3ccccc3)C=21.[Zr]=[C](c1ccccc1)c1ccccc1. The third kappa shape index (κ3) is 6.61. The van der Waals surface area contributed by atoms with Crippen molar-refractivity contribution in [3.63, 3.8) is 0 Å². The molecule has 1 atom stereocenters. The Labute approximate surface area is 335 Å². The Hall–Kier alpha value is -5.23. The summed E-state index contributed by atoms with van der Waals surface area (Å²) in [5.41, 5.74) is 15.7. The number of benzene rings is 6. The Kier molecular flexibility index (Phi) is 10.6. The molecule has 1 heteroatoms. The molecule has 0 fully saturated rings. The van der Waals surface area contributed by atoms with Crippen LogP contribution >= 0.6 is 0 Å². The van der Waals surface area contributed by atoms with Crippen molar-refractivity contribution in [2.75, 3.05) is 0 Å². The summed E-state index contributed by atoms with van der Waals surface area (Å²) in [5.74, 6) is 0. The minimum atomic E-state index is -0.340. The van der Waals surface area contributed by atoms with Crippen molar-refractivity contribution in [1.29, 1.82) is 0 Å². The van der Waals surface area contributed by atoms with Gasteiger partial charge in [-0.3, -0.25) is 0 Å². The molecule has 0 aliphatic heterocycles. The zero-order valence-corrected chi connectivity index (χ0v) is 33.5. The van der Waals surface area contributed by atoms with Crippen LogP contribution in [0.4, 0.5) is 0 Å². The van der Waals surface area contributed by atoms with Gasteiger partial charge >= 0.3 is 99.2 Å². The Morgan fingerprint density at radius 2 is 1.17 bits per heavy atom. The van der Waals surface area contributed by atoms with Crippen LogP contribution in [0.5, 0.6) is 0 Å². The predicted octanol–water partition coefficient (Wildman–Crippen LogP) is 11.0. The average Bonchev–Trinajstić information content (AvgIpc) is 3.92. The molecule has 9 rings (SSSR count). The first-order valence-electron chi connectivity index (χ1n) is 19.1. The molecule has 0 saturated carbocycles. The van der Waals surface area contributed by atoms with E-state index in [1.165, 1.54) is 105 Å². The maximum atomic E-state index is 4.01. The summed E-state index contributed by atoms with van der Waals surface area (Å²) >= 11 is 1.46. The Bertz CT molecular complexity index is 2510. The fraction of sp³-hybridized carbons (Fsp3) is 0.113. The van der Waals surface area contributed by atoms with Crippen LogP contribution in [-0.4, -0.2) is 3.21 Å². The summed E-state index contributed by atoms with van der Waals surface area (Å²) in [4.78, 5) is 0. The van der Waals surface area contributed by atoms with Crippen LogP contribution in [0.25, 0.3) is 22.8 Å². The quantitative estimate of drug-likeness (QED) is 0.135.